The third-order valence-electron chi connectivity index (χ3n) is 6.13. The Morgan fingerprint density at radius 3 is 2.60 bits per heavy atom. The SMILES string of the molecule is CCC(=O)C(=O)N(CCOC)[C@@H]1C=C(C(=O)NCCO)[C@@H]2c3cc(C=O)cc(OC)c3O[C@@H]2[C@H]1O. The molecule has 0 unspecified atom stereocenters. The fourth-order valence-electron chi connectivity index (χ4n) is 4.45. The number of carbonyl (C=O) groups excluding carboxylic acids is 4. The van der Waals surface area contributed by atoms with Gasteiger partial charge in [-0.25, -0.2) is 0 Å². The first kappa shape index (κ1) is 26.3. The second kappa shape index (κ2) is 11.4. The average molecular weight is 491 g/mol. The van der Waals surface area contributed by atoms with E-state index in [0.29, 0.717) is 17.4 Å². The Morgan fingerprint density at radius 2 is 2.00 bits per heavy atom. The molecule has 3 N–H and O–H groups in total. The molecule has 1 aliphatic heterocycles. The van der Waals surface area contributed by atoms with Gasteiger partial charge in [-0.1, -0.05) is 6.92 Å². The van der Waals surface area contributed by atoms with Crippen LogP contribution in [0.1, 0.15) is 35.2 Å². The normalized spacial score (nSPS) is 22.3. The second-order valence-electron chi connectivity index (χ2n) is 8.17. The molecular weight excluding hydrogens is 460 g/mol. The standard InChI is InChI=1S/C24H30N2O9/c1-4-17(29)24(32)26(6-8-33-2)16-11-15(23(31)25-5-7-27)19-14-9-13(12-28)10-18(34-3)21(14)35-22(19)20(16)30/h9-12,16,19-20,22,27,30H,4-8H2,1-3H3,(H,25,31)/t16-,19+,20+,22+/m1/s1. The smallest absolute Gasteiger partial charge is 0.290 e. The zero-order valence-corrected chi connectivity index (χ0v) is 19.9. The first-order valence-electron chi connectivity index (χ1n) is 11.3. The van der Waals surface area contributed by atoms with Crippen LogP contribution in [0.2, 0.25) is 0 Å². The van der Waals surface area contributed by atoms with Crippen molar-refractivity contribution in [2.75, 3.05) is 40.5 Å². The highest BCUT2D eigenvalue weighted by molar-refractivity contribution is 6.36. The molecule has 0 bridgehead atoms. The monoisotopic (exact) mass is 490 g/mol. The Kier molecular flexibility index (Phi) is 8.60. The van der Waals surface area contributed by atoms with E-state index in [4.69, 9.17) is 14.2 Å². The number of benzene rings is 1. The molecule has 0 saturated carbocycles. The summed E-state index contributed by atoms with van der Waals surface area (Å²) in [6.45, 7) is 1.33. The number of aldehydes is 1. The first-order chi connectivity index (χ1) is 16.8. The Hall–Kier alpha value is -3.28. The molecule has 1 heterocycles. The summed E-state index contributed by atoms with van der Waals surface area (Å²) in [5.74, 6) is -2.26. The van der Waals surface area contributed by atoms with Gasteiger partial charge in [0.1, 0.15) is 18.5 Å². The van der Waals surface area contributed by atoms with Crippen LogP contribution in [-0.4, -0.2) is 97.8 Å². The van der Waals surface area contributed by atoms with Crippen LogP contribution in [0, 0.1) is 0 Å². The highest BCUT2D eigenvalue weighted by atomic mass is 16.5. The van der Waals surface area contributed by atoms with Crippen molar-refractivity contribution in [1.82, 2.24) is 10.2 Å². The number of aliphatic hydroxyl groups excluding tert-OH is 2. The molecule has 11 nitrogen and oxygen atoms in total. The summed E-state index contributed by atoms with van der Waals surface area (Å²) < 4.78 is 16.5. The van der Waals surface area contributed by atoms with E-state index in [1.54, 1.807) is 13.0 Å². The van der Waals surface area contributed by atoms with E-state index in [-0.39, 0.29) is 49.8 Å². The van der Waals surface area contributed by atoms with Crippen LogP contribution in [0.5, 0.6) is 11.5 Å². The predicted molar refractivity (Wildman–Crippen MR) is 122 cm³/mol. The van der Waals surface area contributed by atoms with Crippen molar-refractivity contribution in [1.29, 1.82) is 0 Å². The van der Waals surface area contributed by atoms with Crippen LogP contribution >= 0.6 is 0 Å². The number of carbonyl (C=O) groups is 4. The molecule has 0 aromatic heterocycles. The molecule has 190 valence electrons. The van der Waals surface area contributed by atoms with Crippen LogP contribution in [0.25, 0.3) is 0 Å². The van der Waals surface area contributed by atoms with E-state index < -0.39 is 41.8 Å². The van der Waals surface area contributed by atoms with Crippen molar-refractivity contribution in [3.05, 3.63) is 34.9 Å². The van der Waals surface area contributed by atoms with Crippen LogP contribution in [0.3, 0.4) is 0 Å². The van der Waals surface area contributed by atoms with Crippen LogP contribution < -0.4 is 14.8 Å². The maximum Gasteiger partial charge on any atom is 0.290 e. The molecule has 0 saturated heterocycles. The number of ketones is 1. The molecule has 35 heavy (non-hydrogen) atoms. The van der Waals surface area contributed by atoms with Gasteiger partial charge in [0.05, 0.1) is 32.3 Å². The van der Waals surface area contributed by atoms with Gasteiger partial charge in [0.15, 0.2) is 11.5 Å². The number of ether oxygens (including phenoxy) is 3. The minimum atomic E-state index is -1.32. The van der Waals surface area contributed by atoms with E-state index in [0.717, 1.165) is 0 Å². The van der Waals surface area contributed by atoms with Crippen molar-refractivity contribution < 1.29 is 43.6 Å². The molecule has 0 spiro atoms. The molecule has 0 fully saturated rings. The van der Waals surface area contributed by atoms with Crippen molar-refractivity contribution in [3.63, 3.8) is 0 Å². The van der Waals surface area contributed by atoms with E-state index in [2.05, 4.69) is 5.32 Å². The van der Waals surface area contributed by atoms with Crippen molar-refractivity contribution in [3.8, 4) is 11.5 Å². The summed E-state index contributed by atoms with van der Waals surface area (Å²) in [7, 11) is 2.84. The number of methoxy groups -OCH3 is 2. The molecule has 11 heteroatoms. The lowest BCUT2D eigenvalue weighted by Crippen LogP contribution is -2.57. The highest BCUT2D eigenvalue weighted by Gasteiger charge is 2.51. The van der Waals surface area contributed by atoms with Gasteiger partial charge in [-0.2, -0.15) is 0 Å². The lowest BCUT2D eigenvalue weighted by Gasteiger charge is -2.40. The van der Waals surface area contributed by atoms with Crippen LogP contribution in [0.15, 0.2) is 23.8 Å². The molecule has 3 rings (SSSR count). The predicted octanol–water partition coefficient (Wildman–Crippen LogP) is -0.416. The number of rotatable bonds is 11. The topological polar surface area (TPSA) is 152 Å². The number of amides is 2. The Labute approximate surface area is 202 Å². The van der Waals surface area contributed by atoms with Gasteiger partial charge >= 0.3 is 0 Å². The zero-order chi connectivity index (χ0) is 25.7. The fraction of sp³-hybridized carbons (Fsp3) is 0.500. The molecule has 4 atom stereocenters. The first-order valence-corrected chi connectivity index (χ1v) is 11.3. The summed E-state index contributed by atoms with van der Waals surface area (Å²) >= 11 is 0. The lowest BCUT2D eigenvalue weighted by atomic mass is 9.77. The Balaban J connectivity index is 2.14. The summed E-state index contributed by atoms with van der Waals surface area (Å²) in [6.07, 6.45) is -0.294. The van der Waals surface area contributed by atoms with E-state index in [1.165, 1.54) is 31.3 Å². The quantitative estimate of drug-likeness (QED) is 0.278. The van der Waals surface area contributed by atoms with Crippen LogP contribution in [0.4, 0.5) is 0 Å². The van der Waals surface area contributed by atoms with Crippen molar-refractivity contribution in [2.24, 2.45) is 0 Å². The minimum Gasteiger partial charge on any atom is -0.493 e. The number of hydrogen-bond donors (Lipinski definition) is 3. The van der Waals surface area contributed by atoms with Gasteiger partial charge in [-0.15, -0.1) is 0 Å². The number of Topliss-reactive ketones (excluding diaryl/α,β-unsaturated/α-hetero) is 1. The minimum absolute atomic E-state index is 0.00617. The lowest BCUT2D eigenvalue weighted by molar-refractivity contribution is -0.148. The zero-order valence-electron chi connectivity index (χ0n) is 19.9. The number of hydrogen-bond acceptors (Lipinski definition) is 9. The van der Waals surface area contributed by atoms with Gasteiger partial charge in [0.2, 0.25) is 11.7 Å². The third-order valence-corrected chi connectivity index (χ3v) is 6.13. The molecular formula is C24H30N2O9. The van der Waals surface area contributed by atoms with E-state index in [9.17, 15) is 29.4 Å². The number of nitrogens with one attached hydrogen (secondary N) is 1. The summed E-state index contributed by atoms with van der Waals surface area (Å²) in [4.78, 5) is 51.0. The maximum atomic E-state index is 13.1. The van der Waals surface area contributed by atoms with Gasteiger partial charge in [-0.3, -0.25) is 19.2 Å². The van der Waals surface area contributed by atoms with E-state index >= 15 is 0 Å². The maximum absolute atomic E-state index is 13.1. The molecule has 1 aromatic rings. The summed E-state index contributed by atoms with van der Waals surface area (Å²) in [6, 6.07) is 1.97. The molecule has 2 amide bonds. The molecule has 2 aliphatic rings. The average Bonchev–Trinajstić information content (AvgIpc) is 3.27. The molecule has 0 radical (unpaired) electrons. The Morgan fingerprint density at radius 1 is 1.26 bits per heavy atom. The van der Waals surface area contributed by atoms with Gasteiger partial charge < -0.3 is 34.6 Å². The van der Waals surface area contributed by atoms with Gasteiger partial charge in [0.25, 0.3) is 5.91 Å². The van der Waals surface area contributed by atoms with Crippen molar-refractivity contribution >= 4 is 23.9 Å². The largest absolute Gasteiger partial charge is 0.493 e. The number of aliphatic hydroxyl groups is 2. The van der Waals surface area contributed by atoms with Crippen LogP contribution in [-0.2, 0) is 19.1 Å². The van der Waals surface area contributed by atoms with Gasteiger partial charge in [-0.05, 0) is 18.2 Å². The number of fused-ring (bicyclic) bond motifs is 3. The fourth-order valence-corrected chi connectivity index (χ4v) is 4.45. The summed E-state index contributed by atoms with van der Waals surface area (Å²) in [5, 5.41) is 23.1. The molecule has 1 aliphatic carbocycles. The number of nitrogens with zero attached hydrogens (tertiary/aromatic N) is 1. The Bertz CT molecular complexity index is 1020. The summed E-state index contributed by atoms with van der Waals surface area (Å²) in [5.41, 5.74) is 0.933. The third kappa shape index (κ3) is 5.07. The highest BCUT2D eigenvalue weighted by Crippen LogP contribution is 2.51. The molecule has 1 aromatic carbocycles. The second-order valence-corrected chi connectivity index (χ2v) is 8.17. The van der Waals surface area contributed by atoms with Crippen molar-refractivity contribution in [2.45, 2.75) is 37.5 Å². The van der Waals surface area contributed by atoms with Gasteiger partial charge in [0, 0.05) is 43.3 Å². The van der Waals surface area contributed by atoms with E-state index in [1.807, 2.05) is 0 Å².